The number of hydrogen-bond acceptors (Lipinski definition) is 4. The van der Waals surface area contributed by atoms with Gasteiger partial charge in [-0.25, -0.2) is 0 Å². The number of nitrogens with one attached hydrogen (secondary N) is 1. The van der Waals surface area contributed by atoms with E-state index in [4.69, 9.17) is 10.8 Å². The summed E-state index contributed by atoms with van der Waals surface area (Å²) in [7, 11) is 0. The molecule has 6 heteroatoms. The summed E-state index contributed by atoms with van der Waals surface area (Å²) in [6.07, 6.45) is 4.53. The molecule has 0 atom stereocenters. The normalized spacial score (nSPS) is 23.8. The fourth-order valence-electron chi connectivity index (χ4n) is 1.79. The van der Waals surface area contributed by atoms with E-state index in [1.165, 1.54) is 10.9 Å². The van der Waals surface area contributed by atoms with Gasteiger partial charge in [-0.3, -0.25) is 9.48 Å². The van der Waals surface area contributed by atoms with E-state index in [0.29, 0.717) is 18.2 Å². The largest absolute Gasteiger partial charge is 0.396 e. The summed E-state index contributed by atoms with van der Waals surface area (Å²) in [4.78, 5) is 11.5. The zero-order valence-corrected chi connectivity index (χ0v) is 8.97. The van der Waals surface area contributed by atoms with E-state index in [9.17, 15) is 4.79 Å². The van der Waals surface area contributed by atoms with Crippen molar-refractivity contribution in [3.63, 3.8) is 0 Å². The van der Waals surface area contributed by atoms with Crippen LogP contribution in [0.15, 0.2) is 12.4 Å². The highest BCUT2D eigenvalue weighted by Gasteiger charge is 2.27. The summed E-state index contributed by atoms with van der Waals surface area (Å²) in [6.45, 7) is 0.819. The molecule has 1 aliphatic carbocycles. The number of aliphatic hydroxyl groups is 1. The number of nitrogen functional groups attached to an aromatic ring is 1. The van der Waals surface area contributed by atoms with Crippen LogP contribution < -0.4 is 11.1 Å². The first-order chi connectivity index (χ1) is 7.63. The van der Waals surface area contributed by atoms with Gasteiger partial charge in [-0.05, 0) is 18.8 Å². The molecule has 0 aromatic carbocycles. The van der Waals surface area contributed by atoms with Crippen LogP contribution in [0.5, 0.6) is 0 Å². The summed E-state index contributed by atoms with van der Waals surface area (Å²) in [5, 5.41) is 15.8. The van der Waals surface area contributed by atoms with Crippen molar-refractivity contribution in [2.45, 2.75) is 25.5 Å². The number of nitrogens with two attached hydrogens (primary N) is 1. The van der Waals surface area contributed by atoms with Gasteiger partial charge in [0.2, 0.25) is 5.91 Å². The molecule has 1 saturated carbocycles. The molecule has 16 heavy (non-hydrogen) atoms. The maximum absolute atomic E-state index is 11.5. The zero-order valence-electron chi connectivity index (χ0n) is 8.97. The maximum atomic E-state index is 11.5. The van der Waals surface area contributed by atoms with Crippen molar-refractivity contribution >= 4 is 11.6 Å². The fourth-order valence-corrected chi connectivity index (χ4v) is 1.79. The van der Waals surface area contributed by atoms with E-state index in [-0.39, 0.29) is 18.6 Å². The van der Waals surface area contributed by atoms with Crippen LogP contribution in [0.1, 0.15) is 12.8 Å². The van der Waals surface area contributed by atoms with Crippen molar-refractivity contribution in [3.05, 3.63) is 12.4 Å². The van der Waals surface area contributed by atoms with E-state index in [1.807, 2.05) is 0 Å². The predicted octanol–water partition coefficient (Wildman–Crippen LogP) is -0.648. The van der Waals surface area contributed by atoms with Crippen LogP contribution >= 0.6 is 0 Å². The van der Waals surface area contributed by atoms with Crippen LogP contribution in [-0.2, 0) is 11.3 Å². The molecule has 0 bridgehead atoms. The predicted molar refractivity (Wildman–Crippen MR) is 58.4 cm³/mol. The molecule has 0 aliphatic heterocycles. The number of hydrogen-bond donors (Lipinski definition) is 3. The lowest BCUT2D eigenvalue weighted by atomic mass is 9.82. The first kappa shape index (κ1) is 10.9. The first-order valence-corrected chi connectivity index (χ1v) is 5.36. The van der Waals surface area contributed by atoms with Gasteiger partial charge in [0, 0.05) is 12.7 Å². The Hall–Kier alpha value is -1.56. The summed E-state index contributed by atoms with van der Waals surface area (Å²) in [6, 6.07) is 0. The third-order valence-electron chi connectivity index (χ3n) is 2.76. The van der Waals surface area contributed by atoms with Crippen LogP contribution in [0, 0.1) is 5.92 Å². The second-order valence-electron chi connectivity index (χ2n) is 4.27. The lowest BCUT2D eigenvalue weighted by Crippen LogP contribution is -2.39. The number of amides is 1. The molecule has 1 aromatic rings. The molecule has 1 aliphatic rings. The minimum Gasteiger partial charge on any atom is -0.396 e. The minimum absolute atomic E-state index is 0.0792. The first-order valence-electron chi connectivity index (χ1n) is 5.36. The van der Waals surface area contributed by atoms with Crippen molar-refractivity contribution in [1.29, 1.82) is 0 Å². The molecule has 0 spiro atoms. The van der Waals surface area contributed by atoms with E-state index in [2.05, 4.69) is 10.4 Å². The maximum Gasteiger partial charge on any atom is 0.241 e. The third-order valence-corrected chi connectivity index (χ3v) is 2.76. The van der Waals surface area contributed by atoms with Gasteiger partial charge < -0.3 is 16.2 Å². The highest BCUT2D eigenvalue weighted by atomic mass is 16.3. The molecule has 6 nitrogen and oxygen atoms in total. The molecule has 88 valence electrons. The molecular formula is C10H16N4O2. The number of aliphatic hydroxyl groups excluding tert-OH is 1. The van der Waals surface area contributed by atoms with Gasteiger partial charge in [0.25, 0.3) is 0 Å². The van der Waals surface area contributed by atoms with E-state index in [0.717, 1.165) is 12.8 Å². The molecule has 1 fully saturated rings. The van der Waals surface area contributed by atoms with Crippen molar-refractivity contribution in [3.8, 4) is 0 Å². The van der Waals surface area contributed by atoms with Crippen molar-refractivity contribution in [1.82, 2.24) is 15.1 Å². The number of nitrogens with zero attached hydrogens (tertiary/aromatic N) is 2. The molecule has 1 amide bonds. The van der Waals surface area contributed by atoms with Crippen LogP contribution in [0.25, 0.3) is 0 Å². The average molecular weight is 224 g/mol. The second-order valence-corrected chi connectivity index (χ2v) is 4.27. The molecule has 4 N–H and O–H groups in total. The monoisotopic (exact) mass is 224 g/mol. The van der Waals surface area contributed by atoms with Crippen LogP contribution in [0.4, 0.5) is 5.69 Å². The molecule has 2 rings (SSSR count). The number of rotatable bonds is 4. The Bertz CT molecular complexity index is 371. The van der Waals surface area contributed by atoms with E-state index < -0.39 is 0 Å². The lowest BCUT2D eigenvalue weighted by molar-refractivity contribution is -0.122. The Morgan fingerprint density at radius 3 is 3.00 bits per heavy atom. The van der Waals surface area contributed by atoms with Gasteiger partial charge in [0.1, 0.15) is 6.54 Å². The van der Waals surface area contributed by atoms with Crippen LogP contribution in [-0.4, -0.2) is 33.4 Å². The Kier molecular flexibility index (Phi) is 3.09. The topological polar surface area (TPSA) is 93.2 Å². The van der Waals surface area contributed by atoms with Gasteiger partial charge in [0.05, 0.1) is 18.0 Å². The minimum atomic E-state index is -0.173. The van der Waals surface area contributed by atoms with Gasteiger partial charge in [-0.15, -0.1) is 0 Å². The Balaban J connectivity index is 1.68. The lowest BCUT2D eigenvalue weighted by Gasteiger charge is -2.31. The smallest absolute Gasteiger partial charge is 0.241 e. The second kappa shape index (κ2) is 4.52. The summed E-state index contributed by atoms with van der Waals surface area (Å²) in [5.74, 6) is 0.339. The molecule has 0 unspecified atom stereocenters. The Labute approximate surface area is 93.4 Å². The van der Waals surface area contributed by atoms with Crippen molar-refractivity contribution < 1.29 is 9.90 Å². The number of anilines is 1. The SMILES string of the molecule is Nc1cnn(CC(=O)NCC2CC(O)C2)c1. The van der Waals surface area contributed by atoms with Crippen molar-refractivity contribution in [2.75, 3.05) is 12.3 Å². The quantitative estimate of drug-likeness (QED) is 0.633. The van der Waals surface area contributed by atoms with Crippen molar-refractivity contribution in [2.24, 2.45) is 5.92 Å². The summed E-state index contributed by atoms with van der Waals surface area (Å²) < 4.78 is 1.50. The van der Waals surface area contributed by atoms with Crippen LogP contribution in [0.3, 0.4) is 0 Å². The van der Waals surface area contributed by atoms with Gasteiger partial charge in [-0.1, -0.05) is 0 Å². The summed E-state index contributed by atoms with van der Waals surface area (Å²) in [5.41, 5.74) is 6.03. The van der Waals surface area contributed by atoms with E-state index >= 15 is 0 Å². The molecule has 0 saturated heterocycles. The number of carbonyl (C=O) groups is 1. The number of aromatic nitrogens is 2. The van der Waals surface area contributed by atoms with Gasteiger partial charge >= 0.3 is 0 Å². The zero-order chi connectivity index (χ0) is 11.5. The summed E-state index contributed by atoms with van der Waals surface area (Å²) >= 11 is 0. The molecule has 1 aromatic heterocycles. The number of carbonyl (C=O) groups excluding carboxylic acids is 1. The van der Waals surface area contributed by atoms with E-state index in [1.54, 1.807) is 6.20 Å². The Morgan fingerprint density at radius 2 is 2.44 bits per heavy atom. The molecule has 0 radical (unpaired) electrons. The molecular weight excluding hydrogens is 208 g/mol. The van der Waals surface area contributed by atoms with Gasteiger partial charge in [0.15, 0.2) is 0 Å². The van der Waals surface area contributed by atoms with Gasteiger partial charge in [-0.2, -0.15) is 5.10 Å². The Morgan fingerprint density at radius 1 is 1.69 bits per heavy atom. The fraction of sp³-hybridized carbons (Fsp3) is 0.600. The average Bonchev–Trinajstić information content (AvgIpc) is 2.57. The third kappa shape index (κ3) is 2.73. The standard InChI is InChI=1S/C10H16N4O2/c11-8-4-13-14(5-8)6-10(16)12-3-7-1-9(15)2-7/h4-5,7,9,15H,1-3,6,11H2,(H,12,16). The molecule has 1 heterocycles. The highest BCUT2D eigenvalue weighted by Crippen LogP contribution is 2.25. The van der Waals surface area contributed by atoms with Crippen LogP contribution in [0.2, 0.25) is 0 Å². The highest BCUT2D eigenvalue weighted by molar-refractivity contribution is 5.75.